The van der Waals surface area contributed by atoms with Crippen LogP contribution >= 0.6 is 0 Å². The molecule has 4 heterocycles. The van der Waals surface area contributed by atoms with Crippen molar-refractivity contribution in [2.75, 3.05) is 44.3 Å². The first-order valence-electron chi connectivity index (χ1n) is 8.60. The number of ether oxygens (including phenoxy) is 1. The highest BCUT2D eigenvalue weighted by molar-refractivity contribution is 5.96. The second-order valence-corrected chi connectivity index (χ2v) is 7.29. The average molecular weight is 316 g/mol. The van der Waals surface area contributed by atoms with Crippen LogP contribution in [0.1, 0.15) is 25.7 Å². The maximum Gasteiger partial charge on any atom is 0.227 e. The third-order valence-electron chi connectivity index (χ3n) is 5.55. The number of amides is 1. The summed E-state index contributed by atoms with van der Waals surface area (Å²) in [6.45, 7) is 5.94. The summed E-state index contributed by atoms with van der Waals surface area (Å²) in [4.78, 5) is 25.0. The molecule has 1 aromatic rings. The lowest BCUT2D eigenvalue weighted by Crippen LogP contribution is -2.34. The summed E-state index contributed by atoms with van der Waals surface area (Å²) >= 11 is 0. The molecule has 0 aliphatic carbocycles. The minimum Gasteiger partial charge on any atom is -0.381 e. The largest absolute Gasteiger partial charge is 0.381 e. The van der Waals surface area contributed by atoms with Gasteiger partial charge in [0, 0.05) is 44.7 Å². The molecule has 23 heavy (non-hydrogen) atoms. The van der Waals surface area contributed by atoms with Gasteiger partial charge in [-0.2, -0.15) is 0 Å². The fourth-order valence-electron chi connectivity index (χ4n) is 4.31. The van der Waals surface area contributed by atoms with Crippen molar-refractivity contribution >= 4 is 11.6 Å². The molecule has 0 N–H and O–H groups in total. The van der Waals surface area contributed by atoms with Crippen molar-refractivity contribution in [2.24, 2.45) is 11.3 Å². The van der Waals surface area contributed by atoms with Crippen LogP contribution in [0.3, 0.4) is 0 Å². The molecule has 0 saturated carbocycles. The molecule has 1 atom stereocenters. The Bertz CT molecular complexity index is 561. The van der Waals surface area contributed by atoms with Gasteiger partial charge in [-0.1, -0.05) is 0 Å². The number of carbonyl (C=O) groups is 1. The van der Waals surface area contributed by atoms with E-state index in [0.717, 1.165) is 57.4 Å². The van der Waals surface area contributed by atoms with Crippen LogP contribution in [0.15, 0.2) is 18.7 Å². The molecule has 3 aliphatic rings. The fraction of sp³-hybridized carbons (Fsp3) is 0.706. The molecular weight excluding hydrogens is 292 g/mol. The minimum atomic E-state index is 0.123. The zero-order valence-electron chi connectivity index (χ0n) is 13.5. The Morgan fingerprint density at radius 3 is 2.78 bits per heavy atom. The molecule has 4 rings (SSSR count). The number of hydrogen-bond acceptors (Lipinski definition) is 5. The number of carbonyl (C=O) groups excluding carboxylic acids is 1. The Labute approximate surface area is 136 Å². The molecule has 0 aromatic carbocycles. The van der Waals surface area contributed by atoms with Crippen molar-refractivity contribution in [3.63, 3.8) is 0 Å². The quantitative estimate of drug-likeness (QED) is 0.842. The Balaban J connectivity index is 1.39. The van der Waals surface area contributed by atoms with Crippen molar-refractivity contribution in [1.29, 1.82) is 0 Å². The summed E-state index contributed by atoms with van der Waals surface area (Å²) in [5.74, 6) is 0.974. The summed E-state index contributed by atoms with van der Waals surface area (Å²) in [7, 11) is 0. The lowest BCUT2D eigenvalue weighted by molar-refractivity contribution is -0.117. The third-order valence-corrected chi connectivity index (χ3v) is 5.55. The van der Waals surface area contributed by atoms with Crippen LogP contribution < -0.4 is 4.90 Å². The maximum atomic E-state index is 12.5. The monoisotopic (exact) mass is 316 g/mol. The first-order valence-corrected chi connectivity index (χ1v) is 8.60. The van der Waals surface area contributed by atoms with Crippen LogP contribution in [-0.2, 0) is 9.53 Å². The van der Waals surface area contributed by atoms with Crippen LogP contribution in [-0.4, -0.2) is 60.2 Å². The SMILES string of the molecule is O=C1C[C@@]2(CCN(CC3CCOCC3)C2)CN1c1cncnc1. The molecule has 1 aromatic heterocycles. The van der Waals surface area contributed by atoms with E-state index in [0.29, 0.717) is 6.42 Å². The minimum absolute atomic E-state index is 0.123. The summed E-state index contributed by atoms with van der Waals surface area (Å²) in [5.41, 5.74) is 0.954. The van der Waals surface area contributed by atoms with Gasteiger partial charge < -0.3 is 14.5 Å². The van der Waals surface area contributed by atoms with E-state index in [1.807, 2.05) is 4.90 Å². The van der Waals surface area contributed by atoms with Gasteiger partial charge in [0.25, 0.3) is 0 Å². The number of aromatic nitrogens is 2. The molecule has 124 valence electrons. The number of nitrogens with zero attached hydrogens (tertiary/aromatic N) is 4. The van der Waals surface area contributed by atoms with Gasteiger partial charge in [0.2, 0.25) is 5.91 Å². The van der Waals surface area contributed by atoms with Crippen LogP contribution in [0.5, 0.6) is 0 Å². The highest BCUT2D eigenvalue weighted by Gasteiger charge is 2.48. The fourth-order valence-corrected chi connectivity index (χ4v) is 4.31. The molecule has 3 fully saturated rings. The summed E-state index contributed by atoms with van der Waals surface area (Å²) in [6, 6.07) is 0. The van der Waals surface area contributed by atoms with Gasteiger partial charge in [-0.25, -0.2) is 9.97 Å². The van der Waals surface area contributed by atoms with Crippen LogP contribution in [0, 0.1) is 11.3 Å². The smallest absolute Gasteiger partial charge is 0.227 e. The molecule has 3 aliphatic heterocycles. The molecule has 1 amide bonds. The zero-order valence-corrected chi connectivity index (χ0v) is 13.5. The predicted octanol–water partition coefficient (Wildman–Crippen LogP) is 1.33. The topological polar surface area (TPSA) is 58.6 Å². The molecular formula is C17H24N4O2. The van der Waals surface area contributed by atoms with Gasteiger partial charge in [-0.15, -0.1) is 0 Å². The standard InChI is InChI=1S/C17H24N4O2/c22-16-7-17(12-21(16)15-8-18-13-19-9-15)3-4-20(11-17)10-14-1-5-23-6-2-14/h8-9,13-14H,1-7,10-12H2/t17-/m1/s1. The normalized spacial score (nSPS) is 29.7. The Morgan fingerprint density at radius 1 is 1.22 bits per heavy atom. The Morgan fingerprint density at radius 2 is 2.00 bits per heavy atom. The van der Waals surface area contributed by atoms with Crippen molar-refractivity contribution in [3.05, 3.63) is 18.7 Å². The molecule has 0 unspecified atom stereocenters. The lowest BCUT2D eigenvalue weighted by Gasteiger charge is -2.28. The van der Waals surface area contributed by atoms with Crippen LogP contribution in [0.2, 0.25) is 0 Å². The summed E-state index contributed by atoms with van der Waals surface area (Å²) in [6.07, 6.45) is 9.10. The van der Waals surface area contributed by atoms with E-state index >= 15 is 0 Å². The van der Waals surface area contributed by atoms with Crippen molar-refractivity contribution in [1.82, 2.24) is 14.9 Å². The maximum absolute atomic E-state index is 12.5. The second kappa shape index (κ2) is 6.17. The molecule has 3 saturated heterocycles. The van der Waals surface area contributed by atoms with Gasteiger partial charge in [-0.3, -0.25) is 4.79 Å². The van der Waals surface area contributed by atoms with Crippen molar-refractivity contribution < 1.29 is 9.53 Å². The highest BCUT2D eigenvalue weighted by Crippen LogP contribution is 2.42. The van der Waals surface area contributed by atoms with Gasteiger partial charge in [0.05, 0.1) is 18.1 Å². The molecule has 0 radical (unpaired) electrons. The summed E-state index contributed by atoms with van der Waals surface area (Å²) in [5, 5.41) is 0. The van der Waals surface area contributed by atoms with E-state index in [1.54, 1.807) is 12.4 Å². The van der Waals surface area contributed by atoms with Gasteiger partial charge in [0.15, 0.2) is 0 Å². The number of hydrogen-bond donors (Lipinski definition) is 0. The van der Waals surface area contributed by atoms with E-state index in [-0.39, 0.29) is 11.3 Å². The summed E-state index contributed by atoms with van der Waals surface area (Å²) < 4.78 is 5.45. The molecule has 6 nitrogen and oxygen atoms in total. The Hall–Kier alpha value is -1.53. The second-order valence-electron chi connectivity index (χ2n) is 7.29. The van der Waals surface area contributed by atoms with Crippen molar-refractivity contribution in [2.45, 2.75) is 25.7 Å². The highest BCUT2D eigenvalue weighted by atomic mass is 16.5. The number of rotatable bonds is 3. The van der Waals surface area contributed by atoms with Crippen LogP contribution in [0.25, 0.3) is 0 Å². The van der Waals surface area contributed by atoms with E-state index in [4.69, 9.17) is 4.74 Å². The van der Waals surface area contributed by atoms with Crippen LogP contribution in [0.4, 0.5) is 5.69 Å². The van der Waals surface area contributed by atoms with Gasteiger partial charge in [0.1, 0.15) is 6.33 Å². The average Bonchev–Trinajstić information content (AvgIpc) is 3.12. The van der Waals surface area contributed by atoms with E-state index in [1.165, 1.54) is 19.2 Å². The molecule has 0 bridgehead atoms. The number of anilines is 1. The van der Waals surface area contributed by atoms with E-state index < -0.39 is 0 Å². The van der Waals surface area contributed by atoms with E-state index in [9.17, 15) is 4.79 Å². The van der Waals surface area contributed by atoms with Gasteiger partial charge in [-0.05, 0) is 31.7 Å². The van der Waals surface area contributed by atoms with E-state index in [2.05, 4.69) is 14.9 Å². The number of likely N-dealkylation sites (tertiary alicyclic amines) is 1. The first kappa shape index (κ1) is 15.0. The lowest BCUT2D eigenvalue weighted by atomic mass is 9.86. The zero-order chi connectivity index (χ0) is 15.7. The molecule has 1 spiro atoms. The predicted molar refractivity (Wildman–Crippen MR) is 86.0 cm³/mol. The third kappa shape index (κ3) is 3.10. The first-order chi connectivity index (χ1) is 11.2. The van der Waals surface area contributed by atoms with Gasteiger partial charge >= 0.3 is 0 Å². The Kier molecular flexibility index (Phi) is 4.03. The molecule has 6 heteroatoms. The van der Waals surface area contributed by atoms with Crippen molar-refractivity contribution in [3.8, 4) is 0 Å².